The molecule has 4 nitrogen and oxygen atoms in total. The van der Waals surface area contributed by atoms with Crippen molar-refractivity contribution in [2.75, 3.05) is 6.61 Å². The van der Waals surface area contributed by atoms with Crippen molar-refractivity contribution in [1.82, 2.24) is 9.97 Å². The van der Waals surface area contributed by atoms with Gasteiger partial charge in [-0.05, 0) is 12.1 Å². The number of nitrogens with zero attached hydrogens (tertiary/aromatic N) is 2. The molecule has 0 aliphatic rings. The summed E-state index contributed by atoms with van der Waals surface area (Å²) in [6.07, 6.45) is -1.12. The van der Waals surface area contributed by atoms with Gasteiger partial charge in [0.1, 0.15) is 5.01 Å². The fraction of sp³-hybridized carbons (Fsp3) is 0.250. The molecular formula is C12H10F2N2O2S. The molecule has 0 bridgehead atoms. The first-order valence-corrected chi connectivity index (χ1v) is 6.32. The Hall–Kier alpha value is -1.89. The number of carbonyl (C=O) groups excluding carboxylic acids is 1. The highest BCUT2D eigenvalue weighted by atomic mass is 32.1. The monoisotopic (exact) mass is 284 g/mol. The van der Waals surface area contributed by atoms with Crippen LogP contribution in [0.15, 0.2) is 29.8 Å². The molecule has 2 rings (SSSR count). The Morgan fingerprint density at radius 3 is 2.95 bits per heavy atom. The Balaban J connectivity index is 1.96. The van der Waals surface area contributed by atoms with Crippen molar-refractivity contribution < 1.29 is 18.3 Å². The van der Waals surface area contributed by atoms with Crippen LogP contribution in [-0.4, -0.2) is 29.0 Å². The average Bonchev–Trinajstić information content (AvgIpc) is 2.86. The summed E-state index contributed by atoms with van der Waals surface area (Å²) in [4.78, 5) is 19.6. The van der Waals surface area contributed by atoms with Crippen molar-refractivity contribution in [2.45, 2.75) is 12.8 Å². The highest BCUT2D eigenvalue weighted by Crippen LogP contribution is 2.21. The summed E-state index contributed by atoms with van der Waals surface area (Å²) in [5.41, 5.74) is 1.20. The van der Waals surface area contributed by atoms with Crippen molar-refractivity contribution in [2.24, 2.45) is 0 Å². The van der Waals surface area contributed by atoms with Crippen molar-refractivity contribution >= 4 is 17.3 Å². The van der Waals surface area contributed by atoms with Gasteiger partial charge in [0.2, 0.25) is 0 Å². The first-order chi connectivity index (χ1) is 9.15. The molecular weight excluding hydrogens is 274 g/mol. The van der Waals surface area contributed by atoms with Gasteiger partial charge in [-0.15, -0.1) is 11.3 Å². The number of esters is 1. The van der Waals surface area contributed by atoms with Gasteiger partial charge < -0.3 is 4.74 Å². The summed E-state index contributed by atoms with van der Waals surface area (Å²) in [7, 11) is 0. The number of ether oxygens (including phenoxy) is 1. The minimum atomic E-state index is -2.65. The standard InChI is InChI=1S/C12H10F2N2O2S/c13-10(14)6-18-11(17)5-8-7-19-12(16-8)9-3-1-2-4-15-9/h1-4,7,10H,5-6H2. The molecule has 0 aromatic carbocycles. The van der Waals surface area contributed by atoms with Gasteiger partial charge in [-0.1, -0.05) is 6.07 Å². The van der Waals surface area contributed by atoms with Crippen LogP contribution in [0.2, 0.25) is 0 Å². The summed E-state index contributed by atoms with van der Waals surface area (Å²) in [5.74, 6) is -0.710. The highest BCUT2D eigenvalue weighted by molar-refractivity contribution is 7.13. The summed E-state index contributed by atoms with van der Waals surface area (Å²) >= 11 is 1.34. The molecule has 0 aliphatic heterocycles. The van der Waals surface area contributed by atoms with E-state index in [1.807, 2.05) is 6.07 Å². The SMILES string of the molecule is O=C(Cc1csc(-c2ccccn2)n1)OCC(F)F. The van der Waals surface area contributed by atoms with Crippen LogP contribution >= 0.6 is 11.3 Å². The lowest BCUT2D eigenvalue weighted by Crippen LogP contribution is -2.13. The van der Waals surface area contributed by atoms with Gasteiger partial charge in [0.15, 0.2) is 6.61 Å². The van der Waals surface area contributed by atoms with E-state index in [9.17, 15) is 13.6 Å². The Kier molecular flexibility index (Phi) is 4.51. The Bertz CT molecular complexity index is 546. The predicted molar refractivity (Wildman–Crippen MR) is 66.0 cm³/mol. The van der Waals surface area contributed by atoms with Crippen LogP contribution in [0.3, 0.4) is 0 Å². The van der Waals surface area contributed by atoms with E-state index in [1.54, 1.807) is 23.7 Å². The lowest BCUT2D eigenvalue weighted by atomic mass is 10.3. The molecule has 0 amide bonds. The molecule has 0 saturated heterocycles. The number of alkyl halides is 2. The van der Waals surface area contributed by atoms with Crippen LogP contribution in [0.5, 0.6) is 0 Å². The molecule has 0 fully saturated rings. The van der Waals surface area contributed by atoms with Gasteiger partial charge in [-0.2, -0.15) is 0 Å². The number of rotatable bonds is 5. The summed E-state index contributed by atoms with van der Waals surface area (Å²) in [6.45, 7) is -0.879. The molecule has 2 aromatic heterocycles. The van der Waals surface area contributed by atoms with E-state index in [0.29, 0.717) is 16.4 Å². The lowest BCUT2D eigenvalue weighted by Gasteiger charge is -2.01. The molecule has 0 saturated carbocycles. The second-order valence-electron chi connectivity index (χ2n) is 3.61. The van der Waals surface area contributed by atoms with Gasteiger partial charge in [0.05, 0.1) is 17.8 Å². The van der Waals surface area contributed by atoms with Gasteiger partial charge >= 0.3 is 5.97 Å². The molecule has 2 aromatic rings. The Morgan fingerprint density at radius 1 is 1.42 bits per heavy atom. The third-order valence-electron chi connectivity index (χ3n) is 2.13. The minimum Gasteiger partial charge on any atom is -0.459 e. The van der Waals surface area contributed by atoms with Crippen LogP contribution in [0.1, 0.15) is 5.69 Å². The van der Waals surface area contributed by atoms with E-state index >= 15 is 0 Å². The van der Waals surface area contributed by atoms with Crippen LogP contribution in [-0.2, 0) is 16.0 Å². The number of aromatic nitrogens is 2. The maximum atomic E-state index is 11.9. The molecule has 0 radical (unpaired) electrons. The molecule has 0 N–H and O–H groups in total. The second kappa shape index (κ2) is 6.33. The van der Waals surface area contributed by atoms with E-state index < -0.39 is 19.0 Å². The van der Waals surface area contributed by atoms with E-state index in [0.717, 1.165) is 0 Å². The van der Waals surface area contributed by atoms with Crippen LogP contribution in [0, 0.1) is 0 Å². The third-order valence-corrected chi connectivity index (χ3v) is 3.05. The number of thiazole rings is 1. The number of hydrogen-bond donors (Lipinski definition) is 0. The highest BCUT2D eigenvalue weighted by Gasteiger charge is 2.12. The number of halogens is 2. The largest absolute Gasteiger partial charge is 0.459 e. The molecule has 0 spiro atoms. The van der Waals surface area contributed by atoms with Gasteiger partial charge in [-0.25, -0.2) is 13.8 Å². The van der Waals surface area contributed by atoms with Crippen LogP contribution in [0.4, 0.5) is 8.78 Å². The maximum Gasteiger partial charge on any atom is 0.312 e. The molecule has 0 atom stereocenters. The molecule has 2 heterocycles. The predicted octanol–water partition coefficient (Wildman–Crippen LogP) is 2.56. The zero-order valence-corrected chi connectivity index (χ0v) is 10.6. The molecule has 7 heteroatoms. The van der Waals surface area contributed by atoms with Crippen molar-refractivity contribution in [3.63, 3.8) is 0 Å². The second-order valence-corrected chi connectivity index (χ2v) is 4.47. The average molecular weight is 284 g/mol. The van der Waals surface area contributed by atoms with Crippen molar-refractivity contribution in [1.29, 1.82) is 0 Å². The van der Waals surface area contributed by atoms with Crippen molar-refractivity contribution in [3.8, 4) is 10.7 Å². The van der Waals surface area contributed by atoms with Gasteiger partial charge in [0.25, 0.3) is 6.43 Å². The Morgan fingerprint density at radius 2 is 2.26 bits per heavy atom. The van der Waals surface area contributed by atoms with E-state index in [1.165, 1.54) is 11.3 Å². The molecule has 0 unspecified atom stereocenters. The smallest absolute Gasteiger partial charge is 0.312 e. The van der Waals surface area contributed by atoms with Crippen LogP contribution < -0.4 is 0 Å². The zero-order valence-electron chi connectivity index (χ0n) is 9.75. The molecule has 19 heavy (non-hydrogen) atoms. The topological polar surface area (TPSA) is 52.1 Å². The van der Waals surface area contributed by atoms with Crippen molar-refractivity contribution in [3.05, 3.63) is 35.5 Å². The number of carbonyl (C=O) groups is 1. The first-order valence-electron chi connectivity index (χ1n) is 5.44. The number of pyridine rings is 1. The summed E-state index contributed by atoms with van der Waals surface area (Å²) < 4.78 is 28.1. The van der Waals surface area contributed by atoms with Crippen LogP contribution in [0.25, 0.3) is 10.7 Å². The summed E-state index contributed by atoms with van der Waals surface area (Å²) in [6, 6.07) is 5.43. The summed E-state index contributed by atoms with van der Waals surface area (Å²) in [5, 5.41) is 2.37. The normalized spacial score (nSPS) is 10.7. The lowest BCUT2D eigenvalue weighted by molar-refractivity contribution is -0.146. The van der Waals surface area contributed by atoms with E-state index in [2.05, 4.69) is 14.7 Å². The zero-order chi connectivity index (χ0) is 13.7. The maximum absolute atomic E-state index is 11.9. The molecule has 100 valence electrons. The van der Waals surface area contributed by atoms with Gasteiger partial charge in [0, 0.05) is 11.6 Å². The number of hydrogen-bond acceptors (Lipinski definition) is 5. The first kappa shape index (κ1) is 13.5. The molecule has 0 aliphatic carbocycles. The fourth-order valence-corrected chi connectivity index (χ4v) is 2.15. The van der Waals surface area contributed by atoms with E-state index in [-0.39, 0.29) is 6.42 Å². The van der Waals surface area contributed by atoms with Gasteiger partial charge in [-0.3, -0.25) is 9.78 Å². The van der Waals surface area contributed by atoms with E-state index in [4.69, 9.17) is 0 Å². The minimum absolute atomic E-state index is 0.115. The fourth-order valence-electron chi connectivity index (χ4n) is 1.35. The third kappa shape index (κ3) is 4.06. The quantitative estimate of drug-likeness (QED) is 0.792. The Labute approximate surface area is 112 Å².